The Bertz CT molecular complexity index is 384. The molecule has 0 radical (unpaired) electrons. The Morgan fingerprint density at radius 2 is 2.29 bits per heavy atom. The monoisotopic (exact) mass is 238 g/mol. The van der Waals surface area contributed by atoms with Gasteiger partial charge in [0.15, 0.2) is 0 Å². The quantitative estimate of drug-likeness (QED) is 0.829. The van der Waals surface area contributed by atoms with Crippen LogP contribution in [0.5, 0.6) is 0 Å². The molecule has 1 atom stereocenters. The Hall–Kier alpha value is -0.970. The summed E-state index contributed by atoms with van der Waals surface area (Å²) in [5.41, 5.74) is 6.96. The van der Waals surface area contributed by atoms with Crippen molar-refractivity contribution in [2.45, 2.75) is 32.0 Å². The predicted molar refractivity (Wildman–Crippen MR) is 64.8 cm³/mol. The van der Waals surface area contributed by atoms with Crippen molar-refractivity contribution < 1.29 is 9.50 Å². The van der Waals surface area contributed by atoms with E-state index in [1.54, 1.807) is 6.07 Å². The molecule has 1 heterocycles. The van der Waals surface area contributed by atoms with Gasteiger partial charge in [0.25, 0.3) is 0 Å². The van der Waals surface area contributed by atoms with E-state index in [9.17, 15) is 9.50 Å². The zero-order valence-corrected chi connectivity index (χ0v) is 9.90. The van der Waals surface area contributed by atoms with E-state index in [0.717, 1.165) is 24.9 Å². The molecule has 1 fully saturated rings. The zero-order chi connectivity index (χ0) is 12.3. The van der Waals surface area contributed by atoms with E-state index in [2.05, 4.69) is 4.90 Å². The fourth-order valence-electron chi connectivity index (χ4n) is 2.37. The third kappa shape index (κ3) is 2.83. The molecule has 1 aliphatic heterocycles. The van der Waals surface area contributed by atoms with Gasteiger partial charge in [0.1, 0.15) is 5.82 Å². The van der Waals surface area contributed by atoms with E-state index < -0.39 is 0 Å². The molecule has 1 aromatic rings. The highest BCUT2D eigenvalue weighted by atomic mass is 19.1. The smallest absolute Gasteiger partial charge is 0.128 e. The van der Waals surface area contributed by atoms with Gasteiger partial charge in [-0.15, -0.1) is 0 Å². The number of nitrogens with two attached hydrogens (primary N) is 1. The SMILES string of the molecule is NCc1ccc(CN2CCCC2CO)c(F)c1. The Labute approximate surface area is 101 Å². The zero-order valence-electron chi connectivity index (χ0n) is 9.90. The van der Waals surface area contributed by atoms with Gasteiger partial charge in [0.2, 0.25) is 0 Å². The first kappa shape index (κ1) is 12.5. The molecule has 0 spiro atoms. The van der Waals surface area contributed by atoms with Gasteiger partial charge in [-0.2, -0.15) is 0 Å². The Morgan fingerprint density at radius 3 is 2.94 bits per heavy atom. The lowest BCUT2D eigenvalue weighted by atomic mass is 10.1. The molecule has 1 saturated heterocycles. The van der Waals surface area contributed by atoms with Gasteiger partial charge in [-0.05, 0) is 31.0 Å². The molecule has 0 saturated carbocycles. The van der Waals surface area contributed by atoms with E-state index in [0.29, 0.717) is 18.7 Å². The summed E-state index contributed by atoms with van der Waals surface area (Å²) in [6.07, 6.45) is 2.08. The summed E-state index contributed by atoms with van der Waals surface area (Å²) in [5.74, 6) is -0.198. The average Bonchev–Trinajstić information content (AvgIpc) is 2.79. The molecule has 3 nitrogen and oxygen atoms in total. The van der Waals surface area contributed by atoms with Crippen molar-refractivity contribution >= 4 is 0 Å². The third-order valence-electron chi connectivity index (χ3n) is 3.44. The molecule has 0 amide bonds. The lowest BCUT2D eigenvalue weighted by molar-refractivity contribution is 0.152. The van der Waals surface area contributed by atoms with E-state index in [1.165, 1.54) is 6.07 Å². The minimum Gasteiger partial charge on any atom is -0.395 e. The molecule has 1 unspecified atom stereocenters. The Balaban J connectivity index is 2.08. The highest BCUT2D eigenvalue weighted by Gasteiger charge is 2.24. The van der Waals surface area contributed by atoms with E-state index in [4.69, 9.17) is 5.73 Å². The summed E-state index contributed by atoms with van der Waals surface area (Å²) in [5, 5.41) is 9.21. The van der Waals surface area contributed by atoms with E-state index in [1.807, 2.05) is 6.07 Å². The molecule has 1 aromatic carbocycles. The van der Waals surface area contributed by atoms with Crippen LogP contribution in [0.2, 0.25) is 0 Å². The standard InChI is InChI=1S/C13H19FN2O/c14-13-6-10(7-15)3-4-11(13)8-16-5-1-2-12(16)9-17/h3-4,6,12,17H,1-2,5,7-9,15H2. The minimum absolute atomic E-state index is 0.155. The minimum atomic E-state index is -0.198. The summed E-state index contributed by atoms with van der Waals surface area (Å²) in [6.45, 7) is 2.02. The number of nitrogens with zero attached hydrogens (tertiary/aromatic N) is 1. The number of aliphatic hydroxyl groups excluding tert-OH is 1. The number of aliphatic hydroxyl groups is 1. The average molecular weight is 238 g/mol. The largest absolute Gasteiger partial charge is 0.395 e. The van der Waals surface area contributed by atoms with Crippen LogP contribution in [-0.4, -0.2) is 29.2 Å². The number of hydrogen-bond acceptors (Lipinski definition) is 3. The van der Waals surface area contributed by atoms with Crippen molar-refractivity contribution in [1.29, 1.82) is 0 Å². The maximum atomic E-state index is 13.8. The van der Waals surface area contributed by atoms with Crippen LogP contribution in [0.15, 0.2) is 18.2 Å². The second kappa shape index (κ2) is 5.58. The number of hydrogen-bond donors (Lipinski definition) is 2. The van der Waals surface area contributed by atoms with Crippen LogP contribution in [0.3, 0.4) is 0 Å². The van der Waals surface area contributed by atoms with Gasteiger partial charge in [-0.1, -0.05) is 12.1 Å². The van der Waals surface area contributed by atoms with Gasteiger partial charge < -0.3 is 10.8 Å². The molecule has 17 heavy (non-hydrogen) atoms. The van der Waals surface area contributed by atoms with Crippen molar-refractivity contribution in [3.8, 4) is 0 Å². The van der Waals surface area contributed by atoms with E-state index in [-0.39, 0.29) is 18.5 Å². The van der Waals surface area contributed by atoms with Gasteiger partial charge in [-0.3, -0.25) is 4.90 Å². The topological polar surface area (TPSA) is 49.5 Å². The molecular weight excluding hydrogens is 219 g/mol. The second-order valence-corrected chi connectivity index (χ2v) is 4.58. The van der Waals surface area contributed by atoms with Gasteiger partial charge >= 0.3 is 0 Å². The van der Waals surface area contributed by atoms with Crippen molar-refractivity contribution in [1.82, 2.24) is 4.90 Å². The molecule has 3 N–H and O–H groups in total. The molecule has 1 aliphatic rings. The maximum Gasteiger partial charge on any atom is 0.128 e. The summed E-state index contributed by atoms with van der Waals surface area (Å²) >= 11 is 0. The van der Waals surface area contributed by atoms with Gasteiger partial charge in [0.05, 0.1) is 6.61 Å². The molecule has 94 valence electrons. The van der Waals surface area contributed by atoms with Crippen molar-refractivity contribution in [2.24, 2.45) is 5.73 Å². The Morgan fingerprint density at radius 1 is 1.47 bits per heavy atom. The maximum absolute atomic E-state index is 13.8. The highest BCUT2D eigenvalue weighted by molar-refractivity contribution is 5.24. The molecular formula is C13H19FN2O. The summed E-state index contributed by atoms with van der Waals surface area (Å²) in [7, 11) is 0. The number of rotatable bonds is 4. The second-order valence-electron chi connectivity index (χ2n) is 4.58. The first-order valence-corrected chi connectivity index (χ1v) is 6.07. The first-order valence-electron chi connectivity index (χ1n) is 6.07. The first-order chi connectivity index (χ1) is 8.24. The molecule has 4 heteroatoms. The number of halogens is 1. The van der Waals surface area contributed by atoms with Crippen LogP contribution in [0.1, 0.15) is 24.0 Å². The van der Waals surface area contributed by atoms with Crippen LogP contribution in [0.4, 0.5) is 4.39 Å². The lowest BCUT2D eigenvalue weighted by Gasteiger charge is -2.22. The van der Waals surface area contributed by atoms with Gasteiger partial charge in [-0.25, -0.2) is 4.39 Å². The molecule has 2 rings (SSSR count). The van der Waals surface area contributed by atoms with Crippen LogP contribution in [0, 0.1) is 5.82 Å². The highest BCUT2D eigenvalue weighted by Crippen LogP contribution is 2.21. The fourth-order valence-corrected chi connectivity index (χ4v) is 2.37. The fraction of sp³-hybridized carbons (Fsp3) is 0.538. The summed E-state index contributed by atoms with van der Waals surface area (Å²) < 4.78 is 13.8. The number of benzene rings is 1. The van der Waals surface area contributed by atoms with Crippen LogP contribution >= 0.6 is 0 Å². The van der Waals surface area contributed by atoms with Gasteiger partial charge in [0, 0.05) is 24.7 Å². The molecule has 0 aliphatic carbocycles. The van der Waals surface area contributed by atoms with Crippen molar-refractivity contribution in [3.05, 3.63) is 35.1 Å². The molecule has 0 aromatic heterocycles. The van der Waals surface area contributed by atoms with Crippen LogP contribution in [0.25, 0.3) is 0 Å². The summed E-state index contributed by atoms with van der Waals surface area (Å²) in [6, 6.07) is 5.34. The normalized spacial score (nSPS) is 21.0. The predicted octanol–water partition coefficient (Wildman–Crippen LogP) is 1.24. The molecule has 0 bridgehead atoms. The van der Waals surface area contributed by atoms with Crippen molar-refractivity contribution in [3.63, 3.8) is 0 Å². The van der Waals surface area contributed by atoms with Crippen LogP contribution in [-0.2, 0) is 13.1 Å². The number of likely N-dealkylation sites (tertiary alicyclic amines) is 1. The van der Waals surface area contributed by atoms with Crippen LogP contribution < -0.4 is 5.73 Å². The summed E-state index contributed by atoms with van der Waals surface area (Å²) in [4.78, 5) is 2.14. The lowest BCUT2D eigenvalue weighted by Crippen LogP contribution is -2.31. The van der Waals surface area contributed by atoms with Crippen molar-refractivity contribution in [2.75, 3.05) is 13.2 Å². The Kier molecular flexibility index (Phi) is 4.10. The van der Waals surface area contributed by atoms with E-state index >= 15 is 0 Å². The third-order valence-corrected chi connectivity index (χ3v) is 3.44.